The molecule has 2 aromatic carbocycles. The van der Waals surface area contributed by atoms with Crippen molar-refractivity contribution in [3.63, 3.8) is 0 Å². The summed E-state index contributed by atoms with van der Waals surface area (Å²) in [6, 6.07) is 9.76. The van der Waals surface area contributed by atoms with Gasteiger partial charge in [-0.2, -0.15) is 0 Å². The van der Waals surface area contributed by atoms with Crippen molar-refractivity contribution in [3.8, 4) is 16.3 Å². The van der Waals surface area contributed by atoms with Gasteiger partial charge in [-0.05, 0) is 56.1 Å². The largest absolute Gasteiger partial charge is 0.507 e. The molecule has 172 valence electrons. The van der Waals surface area contributed by atoms with Crippen LogP contribution in [0.25, 0.3) is 31.8 Å². The smallest absolute Gasteiger partial charge is 0.203 e. The van der Waals surface area contributed by atoms with E-state index >= 15 is 0 Å². The maximum Gasteiger partial charge on any atom is 0.203 e. The fourth-order valence-electron chi connectivity index (χ4n) is 4.87. The van der Waals surface area contributed by atoms with E-state index in [0.29, 0.717) is 46.7 Å². The van der Waals surface area contributed by atoms with E-state index in [0.717, 1.165) is 47.3 Å². The van der Waals surface area contributed by atoms with Crippen LogP contribution in [0.2, 0.25) is 0 Å². The number of thiazole rings is 1. The van der Waals surface area contributed by atoms with Crippen LogP contribution in [0.1, 0.15) is 56.4 Å². The van der Waals surface area contributed by atoms with Gasteiger partial charge < -0.3 is 9.52 Å². The second-order valence-corrected chi connectivity index (χ2v) is 9.88. The Bertz CT molecular complexity index is 1330. The van der Waals surface area contributed by atoms with Crippen LogP contribution in [-0.2, 0) is 19.4 Å². The van der Waals surface area contributed by atoms with Crippen LogP contribution in [0, 0.1) is 0 Å². The van der Waals surface area contributed by atoms with Crippen LogP contribution < -0.4 is 5.43 Å². The van der Waals surface area contributed by atoms with Gasteiger partial charge in [0.1, 0.15) is 22.1 Å². The van der Waals surface area contributed by atoms with Gasteiger partial charge >= 0.3 is 0 Å². The van der Waals surface area contributed by atoms with Crippen molar-refractivity contribution in [2.75, 3.05) is 13.1 Å². The lowest BCUT2D eigenvalue weighted by molar-refractivity contribution is 0.272. The molecule has 1 aliphatic rings. The lowest BCUT2D eigenvalue weighted by Crippen LogP contribution is -2.24. The first-order valence-corrected chi connectivity index (χ1v) is 12.8. The Morgan fingerprint density at radius 3 is 2.55 bits per heavy atom. The van der Waals surface area contributed by atoms with Gasteiger partial charge in [0.25, 0.3) is 0 Å². The van der Waals surface area contributed by atoms with Crippen LogP contribution in [0.4, 0.5) is 0 Å². The van der Waals surface area contributed by atoms with Crippen molar-refractivity contribution >= 4 is 32.5 Å². The Labute approximate surface area is 197 Å². The number of aromatic hydroxyl groups is 1. The van der Waals surface area contributed by atoms with E-state index in [1.807, 2.05) is 44.2 Å². The summed E-state index contributed by atoms with van der Waals surface area (Å²) < 4.78 is 7.49. The summed E-state index contributed by atoms with van der Waals surface area (Å²) >= 11 is 1.52. The molecule has 6 heteroatoms. The van der Waals surface area contributed by atoms with E-state index in [4.69, 9.17) is 9.40 Å². The van der Waals surface area contributed by atoms with Crippen molar-refractivity contribution in [2.24, 2.45) is 0 Å². The summed E-state index contributed by atoms with van der Waals surface area (Å²) in [7, 11) is 0. The van der Waals surface area contributed by atoms with Crippen LogP contribution in [0.15, 0.2) is 39.5 Å². The third-order valence-corrected chi connectivity index (χ3v) is 7.75. The van der Waals surface area contributed by atoms with Gasteiger partial charge in [-0.25, -0.2) is 4.98 Å². The molecule has 0 bridgehead atoms. The molecule has 0 atom stereocenters. The molecule has 1 saturated heterocycles. The van der Waals surface area contributed by atoms with E-state index in [-0.39, 0.29) is 11.2 Å². The molecule has 0 spiro atoms. The number of aromatic nitrogens is 1. The normalized spacial score (nSPS) is 15.3. The number of para-hydroxylation sites is 1. The van der Waals surface area contributed by atoms with E-state index in [2.05, 4.69) is 4.90 Å². The zero-order valence-corrected chi connectivity index (χ0v) is 20.1. The van der Waals surface area contributed by atoms with Crippen LogP contribution >= 0.6 is 11.3 Å². The van der Waals surface area contributed by atoms with E-state index in [1.54, 1.807) is 0 Å². The first-order valence-electron chi connectivity index (χ1n) is 12.0. The number of phenols is 1. The van der Waals surface area contributed by atoms with Gasteiger partial charge in [-0.15, -0.1) is 11.3 Å². The van der Waals surface area contributed by atoms with Gasteiger partial charge in [0.15, 0.2) is 0 Å². The Morgan fingerprint density at radius 1 is 1.09 bits per heavy atom. The molecule has 0 aliphatic carbocycles. The predicted molar refractivity (Wildman–Crippen MR) is 135 cm³/mol. The molecule has 2 aromatic heterocycles. The Kier molecular flexibility index (Phi) is 6.21. The van der Waals surface area contributed by atoms with Crippen LogP contribution in [0.3, 0.4) is 0 Å². The molecule has 4 aromatic rings. The maximum atomic E-state index is 13.9. The number of nitrogens with zero attached hydrogens (tertiary/aromatic N) is 2. The summed E-state index contributed by atoms with van der Waals surface area (Å²) in [5.74, 6) is 0.902. The molecule has 1 aliphatic heterocycles. The average Bonchev–Trinajstić information content (AvgIpc) is 3.08. The molecule has 5 rings (SSSR count). The summed E-state index contributed by atoms with van der Waals surface area (Å²) in [6.07, 6.45) is 6.06. The standard InChI is InChI=1S/C27H30N2O3S/c1-3-17-15-18-25(31)23(27-28-20-11-7-8-12-22(20)33-27)21(4-2)32-26(18)19(24(17)30)16-29-13-9-5-6-10-14-29/h7-8,11-12,15,30H,3-6,9-10,13-14,16H2,1-2H3. The molecule has 1 fully saturated rings. The quantitative estimate of drug-likeness (QED) is 0.378. The Balaban J connectivity index is 1.72. The third-order valence-electron chi connectivity index (χ3n) is 6.69. The lowest BCUT2D eigenvalue weighted by atomic mass is 9.99. The second-order valence-electron chi connectivity index (χ2n) is 8.85. The minimum Gasteiger partial charge on any atom is -0.507 e. The second kappa shape index (κ2) is 9.27. The molecule has 0 amide bonds. The number of rotatable bonds is 5. The zero-order valence-electron chi connectivity index (χ0n) is 19.3. The van der Waals surface area contributed by atoms with Gasteiger partial charge in [0.2, 0.25) is 5.43 Å². The van der Waals surface area contributed by atoms with Crippen LogP contribution in [0.5, 0.6) is 5.75 Å². The highest BCUT2D eigenvalue weighted by atomic mass is 32.1. The fourth-order valence-corrected chi connectivity index (χ4v) is 5.90. The fraction of sp³-hybridized carbons (Fsp3) is 0.407. The predicted octanol–water partition coefficient (Wildman–Crippen LogP) is 6.28. The molecular formula is C27H30N2O3S. The molecule has 0 saturated carbocycles. The number of aryl methyl sites for hydroxylation is 2. The molecule has 3 heterocycles. The highest BCUT2D eigenvalue weighted by Crippen LogP contribution is 2.37. The third kappa shape index (κ3) is 4.06. The first kappa shape index (κ1) is 22.1. The van der Waals surface area contributed by atoms with Crippen molar-refractivity contribution in [1.82, 2.24) is 9.88 Å². The molecule has 33 heavy (non-hydrogen) atoms. The summed E-state index contributed by atoms with van der Waals surface area (Å²) in [5, 5.41) is 12.4. The number of fused-ring (bicyclic) bond motifs is 2. The molecule has 0 unspecified atom stereocenters. The molecule has 1 N–H and O–H groups in total. The van der Waals surface area contributed by atoms with Crippen molar-refractivity contribution in [2.45, 2.75) is 58.9 Å². The molecular weight excluding hydrogens is 432 g/mol. The first-order chi connectivity index (χ1) is 16.1. The van der Waals surface area contributed by atoms with Gasteiger partial charge in [-0.3, -0.25) is 9.69 Å². The van der Waals surface area contributed by atoms with Gasteiger partial charge in [0.05, 0.1) is 26.7 Å². The van der Waals surface area contributed by atoms with Gasteiger partial charge in [-0.1, -0.05) is 38.8 Å². The lowest BCUT2D eigenvalue weighted by Gasteiger charge is -2.22. The summed E-state index contributed by atoms with van der Waals surface area (Å²) in [4.78, 5) is 21.0. The average molecular weight is 463 g/mol. The minimum absolute atomic E-state index is 0.0565. The topological polar surface area (TPSA) is 66.6 Å². The number of benzene rings is 2. The Hall–Kier alpha value is -2.70. The number of phenolic OH excluding ortho intramolecular Hbond substituents is 1. The molecule has 0 radical (unpaired) electrons. The SMILES string of the molecule is CCc1cc2c(=O)c(-c3nc4ccccc4s3)c(CC)oc2c(CN2CCCCCC2)c1O. The maximum absolute atomic E-state index is 13.9. The molecule has 5 nitrogen and oxygen atoms in total. The van der Waals surface area contributed by atoms with E-state index in [9.17, 15) is 9.90 Å². The van der Waals surface area contributed by atoms with E-state index < -0.39 is 0 Å². The number of likely N-dealkylation sites (tertiary alicyclic amines) is 1. The van der Waals surface area contributed by atoms with Gasteiger partial charge in [0, 0.05) is 13.0 Å². The minimum atomic E-state index is -0.0565. The van der Waals surface area contributed by atoms with Crippen molar-refractivity contribution in [1.29, 1.82) is 0 Å². The number of hydrogen-bond donors (Lipinski definition) is 1. The monoisotopic (exact) mass is 462 g/mol. The summed E-state index contributed by atoms with van der Waals surface area (Å²) in [5.41, 5.74) is 3.45. The highest BCUT2D eigenvalue weighted by molar-refractivity contribution is 7.21. The highest BCUT2D eigenvalue weighted by Gasteiger charge is 2.24. The van der Waals surface area contributed by atoms with E-state index in [1.165, 1.54) is 24.2 Å². The van der Waals surface area contributed by atoms with Crippen LogP contribution in [-0.4, -0.2) is 28.1 Å². The van der Waals surface area contributed by atoms with Crippen molar-refractivity contribution < 1.29 is 9.52 Å². The zero-order chi connectivity index (χ0) is 22.9. The number of hydrogen-bond acceptors (Lipinski definition) is 6. The summed E-state index contributed by atoms with van der Waals surface area (Å²) in [6.45, 7) is 6.61. The Morgan fingerprint density at radius 2 is 1.85 bits per heavy atom. The van der Waals surface area contributed by atoms with Crippen molar-refractivity contribution in [3.05, 3.63) is 57.4 Å².